The van der Waals surface area contributed by atoms with Crippen molar-refractivity contribution in [1.29, 1.82) is 0 Å². The second-order valence-electron chi connectivity index (χ2n) is 9.73. The molecule has 2 aromatic heterocycles. The van der Waals surface area contributed by atoms with E-state index in [1.807, 2.05) is 15.5 Å². The first-order chi connectivity index (χ1) is 15.0. The lowest BCUT2D eigenvalue weighted by Crippen LogP contribution is -3.15. The van der Waals surface area contributed by atoms with Gasteiger partial charge >= 0.3 is 0 Å². The molecule has 1 fully saturated rings. The molecule has 6 heteroatoms. The maximum atomic E-state index is 13.3. The zero-order valence-corrected chi connectivity index (χ0v) is 18.0. The number of likely N-dealkylation sites (tertiary alicyclic amines) is 1. The monoisotopic (exact) mass is 417 g/mol. The summed E-state index contributed by atoms with van der Waals surface area (Å²) in [5.41, 5.74) is 6.27. The number of hydrogen-bond acceptors (Lipinski definition) is 2. The highest BCUT2D eigenvalue weighted by Crippen LogP contribution is 2.30. The van der Waals surface area contributed by atoms with Crippen LogP contribution in [0, 0.1) is 12.8 Å². The fourth-order valence-electron chi connectivity index (χ4n) is 6.13. The molecule has 0 aliphatic carbocycles. The lowest BCUT2D eigenvalue weighted by Gasteiger charge is -2.40. The minimum absolute atomic E-state index is 0.116. The molecule has 3 aromatic rings. The lowest BCUT2D eigenvalue weighted by molar-refractivity contribution is -0.903. The van der Waals surface area contributed by atoms with Gasteiger partial charge in [0.1, 0.15) is 0 Å². The van der Waals surface area contributed by atoms with Gasteiger partial charge in [-0.25, -0.2) is 0 Å². The van der Waals surface area contributed by atoms with Crippen molar-refractivity contribution in [3.8, 4) is 0 Å². The molecule has 31 heavy (non-hydrogen) atoms. The van der Waals surface area contributed by atoms with Crippen LogP contribution in [0.15, 0.2) is 41.2 Å². The van der Waals surface area contributed by atoms with Crippen LogP contribution in [0.3, 0.4) is 0 Å². The van der Waals surface area contributed by atoms with Crippen LogP contribution in [0.5, 0.6) is 0 Å². The van der Waals surface area contributed by atoms with Gasteiger partial charge in [0.05, 0.1) is 13.1 Å². The Hall–Kier alpha value is -2.86. The molecule has 2 N–H and O–H groups in total. The zero-order chi connectivity index (χ0) is 21.1. The number of rotatable bonds is 2. The predicted molar refractivity (Wildman–Crippen MR) is 119 cm³/mol. The number of piperidine rings is 1. The number of nitrogens with one attached hydrogen (secondary N) is 2. The van der Waals surface area contributed by atoms with Crippen LogP contribution >= 0.6 is 0 Å². The molecule has 1 aromatic carbocycles. The summed E-state index contributed by atoms with van der Waals surface area (Å²) in [5, 5.41) is 1.26. The number of aromatic amines is 1. The van der Waals surface area contributed by atoms with Crippen LogP contribution in [-0.2, 0) is 24.3 Å². The Kier molecular flexibility index (Phi) is 4.32. The number of amides is 1. The molecule has 3 aliphatic heterocycles. The minimum Gasteiger partial charge on any atom is -0.358 e. The number of quaternary nitrogens is 1. The Balaban J connectivity index is 1.18. The van der Waals surface area contributed by atoms with Crippen molar-refractivity contribution in [2.45, 2.75) is 38.8 Å². The molecule has 0 saturated carbocycles. The Morgan fingerprint density at radius 2 is 2.13 bits per heavy atom. The van der Waals surface area contributed by atoms with E-state index in [1.165, 1.54) is 32.6 Å². The molecular weight excluding hydrogens is 388 g/mol. The number of aryl methyl sites for hydroxylation is 1. The van der Waals surface area contributed by atoms with E-state index >= 15 is 0 Å². The summed E-state index contributed by atoms with van der Waals surface area (Å²) in [6.07, 6.45) is 2.04. The molecule has 2 bridgehead atoms. The summed E-state index contributed by atoms with van der Waals surface area (Å²) in [6, 6.07) is 12.1. The van der Waals surface area contributed by atoms with Gasteiger partial charge in [0.15, 0.2) is 6.54 Å². The third-order valence-electron chi connectivity index (χ3n) is 7.56. The van der Waals surface area contributed by atoms with Gasteiger partial charge in [-0.1, -0.05) is 17.7 Å². The number of fused-ring (bicyclic) bond motifs is 7. The summed E-state index contributed by atoms with van der Waals surface area (Å²) in [7, 11) is 0. The van der Waals surface area contributed by atoms with Crippen LogP contribution in [0.1, 0.15) is 34.9 Å². The van der Waals surface area contributed by atoms with E-state index in [1.54, 1.807) is 6.07 Å². The van der Waals surface area contributed by atoms with Crippen molar-refractivity contribution in [3.63, 3.8) is 0 Å². The van der Waals surface area contributed by atoms with Crippen molar-refractivity contribution >= 4 is 16.8 Å². The third-order valence-corrected chi connectivity index (χ3v) is 7.56. The molecule has 6 nitrogen and oxygen atoms in total. The van der Waals surface area contributed by atoms with E-state index in [-0.39, 0.29) is 11.5 Å². The minimum atomic E-state index is 0.116. The summed E-state index contributed by atoms with van der Waals surface area (Å²) in [6.45, 7) is 6.89. The van der Waals surface area contributed by atoms with E-state index in [9.17, 15) is 9.59 Å². The second kappa shape index (κ2) is 7.09. The summed E-state index contributed by atoms with van der Waals surface area (Å²) >= 11 is 0. The van der Waals surface area contributed by atoms with E-state index in [4.69, 9.17) is 0 Å². The van der Waals surface area contributed by atoms with Crippen LogP contribution in [-0.4, -0.2) is 46.5 Å². The molecular formula is C25H29N4O2+. The second-order valence-corrected chi connectivity index (χ2v) is 9.73. The van der Waals surface area contributed by atoms with Crippen LogP contribution < -0.4 is 10.5 Å². The SMILES string of the molecule is Cc1ccc2[nH]c3c(c2c1)CN(C(=O)C[NH+]1C[C@H]2C[C@@H](C1)c1cccc(=O)n1C2)CC3. The Morgan fingerprint density at radius 3 is 3.03 bits per heavy atom. The molecule has 0 spiro atoms. The average Bonchev–Trinajstić information content (AvgIpc) is 3.11. The average molecular weight is 418 g/mol. The number of hydrogen-bond donors (Lipinski definition) is 2. The number of nitrogens with zero attached hydrogens (tertiary/aromatic N) is 2. The number of pyridine rings is 1. The van der Waals surface area contributed by atoms with E-state index in [0.717, 1.165) is 44.7 Å². The van der Waals surface area contributed by atoms with Gasteiger partial charge < -0.3 is 19.4 Å². The van der Waals surface area contributed by atoms with Crippen molar-refractivity contribution in [3.05, 3.63) is 69.3 Å². The maximum absolute atomic E-state index is 13.3. The lowest BCUT2D eigenvalue weighted by atomic mass is 9.83. The van der Waals surface area contributed by atoms with Gasteiger partial charge in [0.25, 0.3) is 11.5 Å². The first-order valence-electron chi connectivity index (χ1n) is 11.5. The molecule has 1 unspecified atom stereocenters. The van der Waals surface area contributed by atoms with Crippen LogP contribution in [0.4, 0.5) is 0 Å². The van der Waals surface area contributed by atoms with Crippen molar-refractivity contribution < 1.29 is 9.69 Å². The highest BCUT2D eigenvalue weighted by atomic mass is 16.2. The van der Waals surface area contributed by atoms with Crippen molar-refractivity contribution in [2.24, 2.45) is 5.92 Å². The van der Waals surface area contributed by atoms with Crippen LogP contribution in [0.25, 0.3) is 10.9 Å². The van der Waals surface area contributed by atoms with Crippen molar-refractivity contribution in [2.75, 3.05) is 26.2 Å². The molecule has 160 valence electrons. The molecule has 1 saturated heterocycles. The topological polar surface area (TPSA) is 62.5 Å². The highest BCUT2D eigenvalue weighted by molar-refractivity contribution is 5.86. The molecule has 3 aliphatic rings. The van der Waals surface area contributed by atoms with Gasteiger partial charge in [-0.05, 0) is 31.5 Å². The standard InChI is InChI=1S/C25H28N4O2/c1-16-5-6-21-19(9-16)20-14-28(8-7-22(20)26-21)25(31)15-27-11-17-10-18(13-27)23-3-2-4-24(30)29(23)12-17/h2-6,9,17-18,26H,7-8,10-15H2,1H3/p+1/t17-,18+/m1/s1. The van der Waals surface area contributed by atoms with Gasteiger partial charge in [0.2, 0.25) is 0 Å². The molecule has 0 radical (unpaired) electrons. The fraction of sp³-hybridized carbons (Fsp3) is 0.440. The third kappa shape index (κ3) is 3.21. The number of aromatic nitrogens is 2. The Morgan fingerprint density at radius 1 is 1.23 bits per heavy atom. The first kappa shape index (κ1) is 18.9. The molecule has 3 atom stereocenters. The van der Waals surface area contributed by atoms with Gasteiger partial charge in [-0.2, -0.15) is 0 Å². The van der Waals surface area contributed by atoms with Gasteiger partial charge in [-0.15, -0.1) is 0 Å². The Labute approximate surface area is 181 Å². The molecule has 5 heterocycles. The number of carbonyl (C=O) groups excluding carboxylic acids is 1. The predicted octanol–water partition coefficient (Wildman–Crippen LogP) is 1.22. The van der Waals surface area contributed by atoms with Gasteiger partial charge in [0, 0.05) is 71.8 Å². The van der Waals surface area contributed by atoms with E-state index < -0.39 is 0 Å². The zero-order valence-electron chi connectivity index (χ0n) is 18.0. The Bertz CT molecular complexity index is 1240. The van der Waals surface area contributed by atoms with E-state index in [2.05, 4.69) is 36.2 Å². The number of benzene rings is 1. The quantitative estimate of drug-likeness (QED) is 0.659. The van der Waals surface area contributed by atoms with Crippen LogP contribution in [0.2, 0.25) is 0 Å². The molecule has 1 amide bonds. The van der Waals surface area contributed by atoms with Gasteiger partial charge in [-0.3, -0.25) is 9.59 Å². The largest absolute Gasteiger partial charge is 0.358 e. The summed E-state index contributed by atoms with van der Waals surface area (Å²) in [5.74, 6) is 1.13. The normalized spacial score (nSPS) is 24.7. The number of H-pyrrole nitrogens is 1. The maximum Gasteiger partial charge on any atom is 0.278 e. The number of carbonyl (C=O) groups is 1. The fourth-order valence-corrected chi connectivity index (χ4v) is 6.13. The summed E-state index contributed by atoms with van der Waals surface area (Å²) < 4.78 is 1.96. The highest BCUT2D eigenvalue weighted by Gasteiger charge is 2.38. The molecule has 6 rings (SSSR count). The smallest absolute Gasteiger partial charge is 0.278 e. The van der Waals surface area contributed by atoms with Crippen molar-refractivity contribution in [1.82, 2.24) is 14.5 Å². The first-order valence-corrected chi connectivity index (χ1v) is 11.5. The van der Waals surface area contributed by atoms with E-state index in [0.29, 0.717) is 24.9 Å². The summed E-state index contributed by atoms with van der Waals surface area (Å²) in [4.78, 5) is 32.5.